The Bertz CT molecular complexity index is 194. The molecule has 1 aliphatic heterocycles. The molecular formula is C11H22N2O3. The minimum Gasteiger partial charge on any atom is -0.379 e. The zero-order valence-corrected chi connectivity index (χ0v) is 9.96. The van der Waals surface area contributed by atoms with Gasteiger partial charge in [0.15, 0.2) is 0 Å². The monoisotopic (exact) mass is 230 g/mol. The van der Waals surface area contributed by atoms with E-state index in [1.807, 2.05) is 6.92 Å². The first-order chi connectivity index (χ1) is 7.83. The molecule has 0 saturated carbocycles. The van der Waals surface area contributed by atoms with E-state index in [0.717, 1.165) is 13.0 Å². The van der Waals surface area contributed by atoms with Crippen LogP contribution < -0.4 is 10.6 Å². The summed E-state index contributed by atoms with van der Waals surface area (Å²) >= 11 is 0. The van der Waals surface area contributed by atoms with Crippen LogP contribution in [0.4, 0.5) is 0 Å². The normalized spacial score (nSPS) is 19.9. The highest BCUT2D eigenvalue weighted by atomic mass is 16.5. The fourth-order valence-corrected chi connectivity index (χ4v) is 1.65. The molecule has 0 radical (unpaired) electrons. The van der Waals surface area contributed by atoms with Gasteiger partial charge in [0.25, 0.3) is 0 Å². The summed E-state index contributed by atoms with van der Waals surface area (Å²) in [4.78, 5) is 11.3. The van der Waals surface area contributed by atoms with Crippen molar-refractivity contribution >= 4 is 5.91 Å². The number of hydrogen-bond donors (Lipinski definition) is 2. The number of amides is 1. The lowest BCUT2D eigenvalue weighted by Gasteiger charge is -2.11. The first kappa shape index (κ1) is 13.4. The summed E-state index contributed by atoms with van der Waals surface area (Å²) in [5.41, 5.74) is 0. The average Bonchev–Trinajstić information content (AvgIpc) is 2.79. The van der Waals surface area contributed by atoms with Crippen LogP contribution in [-0.4, -0.2) is 51.5 Å². The van der Waals surface area contributed by atoms with Crippen molar-refractivity contribution in [3.05, 3.63) is 0 Å². The predicted molar refractivity (Wildman–Crippen MR) is 61.3 cm³/mol. The zero-order valence-electron chi connectivity index (χ0n) is 9.96. The average molecular weight is 230 g/mol. The van der Waals surface area contributed by atoms with Gasteiger partial charge in [-0.05, 0) is 26.3 Å². The summed E-state index contributed by atoms with van der Waals surface area (Å²) in [5.74, 6) is -0.0507. The molecule has 0 aromatic heterocycles. The van der Waals surface area contributed by atoms with Gasteiger partial charge in [-0.3, -0.25) is 4.79 Å². The van der Waals surface area contributed by atoms with E-state index in [9.17, 15) is 4.79 Å². The van der Waals surface area contributed by atoms with E-state index in [1.165, 1.54) is 6.42 Å². The summed E-state index contributed by atoms with van der Waals surface area (Å²) in [6.07, 6.45) is 2.34. The van der Waals surface area contributed by atoms with Crippen molar-refractivity contribution in [2.75, 3.05) is 39.5 Å². The van der Waals surface area contributed by atoms with E-state index in [2.05, 4.69) is 10.6 Å². The lowest BCUT2D eigenvalue weighted by Crippen LogP contribution is -2.38. The van der Waals surface area contributed by atoms with Crippen molar-refractivity contribution in [2.24, 2.45) is 0 Å². The van der Waals surface area contributed by atoms with Gasteiger partial charge in [0, 0.05) is 19.2 Å². The maximum atomic E-state index is 11.3. The third kappa shape index (κ3) is 6.05. The van der Waals surface area contributed by atoms with E-state index in [1.54, 1.807) is 0 Å². The molecule has 5 heteroatoms. The van der Waals surface area contributed by atoms with Crippen LogP contribution in [0.5, 0.6) is 0 Å². The topological polar surface area (TPSA) is 59.6 Å². The largest absolute Gasteiger partial charge is 0.379 e. The maximum Gasteiger partial charge on any atom is 0.246 e. The fourth-order valence-electron chi connectivity index (χ4n) is 1.65. The zero-order chi connectivity index (χ0) is 11.6. The fraction of sp³-hybridized carbons (Fsp3) is 0.909. The van der Waals surface area contributed by atoms with E-state index >= 15 is 0 Å². The molecule has 1 rings (SSSR count). The number of rotatable bonds is 8. The second kappa shape index (κ2) is 8.50. The molecule has 0 aromatic carbocycles. The molecule has 1 amide bonds. The SMILES string of the molecule is CCOCCOCC(=O)NCC1CCCN1. The Balaban J connectivity index is 1.90. The Hall–Kier alpha value is -0.650. The Kier molecular flexibility index (Phi) is 7.12. The molecule has 1 saturated heterocycles. The van der Waals surface area contributed by atoms with Crippen molar-refractivity contribution in [3.8, 4) is 0 Å². The Morgan fingerprint density at radius 2 is 2.25 bits per heavy atom. The highest BCUT2D eigenvalue weighted by Gasteiger charge is 2.14. The van der Waals surface area contributed by atoms with Crippen molar-refractivity contribution in [1.82, 2.24) is 10.6 Å². The molecular weight excluding hydrogens is 208 g/mol. The molecule has 0 spiro atoms. The van der Waals surface area contributed by atoms with Gasteiger partial charge in [0.05, 0.1) is 13.2 Å². The molecule has 1 unspecified atom stereocenters. The van der Waals surface area contributed by atoms with Crippen molar-refractivity contribution in [1.29, 1.82) is 0 Å². The summed E-state index contributed by atoms with van der Waals surface area (Å²) in [7, 11) is 0. The number of ether oxygens (including phenoxy) is 2. The molecule has 0 aliphatic carbocycles. The smallest absolute Gasteiger partial charge is 0.246 e. The third-order valence-corrected chi connectivity index (χ3v) is 2.52. The summed E-state index contributed by atoms with van der Waals surface area (Å²) < 4.78 is 10.2. The Morgan fingerprint density at radius 3 is 2.94 bits per heavy atom. The molecule has 1 aliphatic rings. The number of carbonyl (C=O) groups excluding carboxylic acids is 1. The molecule has 94 valence electrons. The molecule has 5 nitrogen and oxygen atoms in total. The van der Waals surface area contributed by atoms with Crippen LogP contribution >= 0.6 is 0 Å². The first-order valence-electron chi connectivity index (χ1n) is 5.98. The van der Waals surface area contributed by atoms with Crippen LogP contribution in [0.15, 0.2) is 0 Å². The van der Waals surface area contributed by atoms with Crippen molar-refractivity contribution in [3.63, 3.8) is 0 Å². The minimum atomic E-state index is -0.0507. The second-order valence-electron chi connectivity index (χ2n) is 3.85. The van der Waals surface area contributed by atoms with E-state index in [-0.39, 0.29) is 12.5 Å². The molecule has 1 heterocycles. The Labute approximate surface area is 96.9 Å². The first-order valence-corrected chi connectivity index (χ1v) is 5.98. The summed E-state index contributed by atoms with van der Waals surface area (Å²) in [6, 6.07) is 0.437. The van der Waals surface area contributed by atoms with Gasteiger partial charge in [-0.2, -0.15) is 0 Å². The van der Waals surface area contributed by atoms with Crippen LogP contribution in [0.2, 0.25) is 0 Å². The molecule has 1 atom stereocenters. The van der Waals surface area contributed by atoms with Gasteiger partial charge >= 0.3 is 0 Å². The van der Waals surface area contributed by atoms with E-state index in [0.29, 0.717) is 32.4 Å². The van der Waals surface area contributed by atoms with Crippen LogP contribution in [0.1, 0.15) is 19.8 Å². The lowest BCUT2D eigenvalue weighted by molar-refractivity contribution is -0.126. The Morgan fingerprint density at radius 1 is 1.44 bits per heavy atom. The van der Waals surface area contributed by atoms with Gasteiger partial charge in [0.2, 0.25) is 5.91 Å². The predicted octanol–water partition coefficient (Wildman–Crippen LogP) is -0.0923. The van der Waals surface area contributed by atoms with Crippen molar-refractivity contribution in [2.45, 2.75) is 25.8 Å². The van der Waals surface area contributed by atoms with Gasteiger partial charge < -0.3 is 20.1 Å². The molecule has 1 fully saturated rings. The maximum absolute atomic E-state index is 11.3. The van der Waals surface area contributed by atoms with Crippen LogP contribution in [0, 0.1) is 0 Å². The highest BCUT2D eigenvalue weighted by molar-refractivity contribution is 5.77. The molecule has 16 heavy (non-hydrogen) atoms. The van der Waals surface area contributed by atoms with Crippen LogP contribution in [0.25, 0.3) is 0 Å². The lowest BCUT2D eigenvalue weighted by atomic mass is 10.2. The van der Waals surface area contributed by atoms with E-state index < -0.39 is 0 Å². The summed E-state index contributed by atoms with van der Waals surface area (Å²) in [5, 5.41) is 6.17. The van der Waals surface area contributed by atoms with Gasteiger partial charge in [0.1, 0.15) is 6.61 Å². The quantitative estimate of drug-likeness (QED) is 0.572. The van der Waals surface area contributed by atoms with Gasteiger partial charge in [-0.1, -0.05) is 0 Å². The summed E-state index contributed by atoms with van der Waals surface area (Å²) in [6.45, 7) is 5.53. The minimum absolute atomic E-state index is 0.0507. The van der Waals surface area contributed by atoms with Gasteiger partial charge in [-0.25, -0.2) is 0 Å². The van der Waals surface area contributed by atoms with E-state index in [4.69, 9.17) is 9.47 Å². The van der Waals surface area contributed by atoms with Crippen LogP contribution in [-0.2, 0) is 14.3 Å². The van der Waals surface area contributed by atoms with Crippen molar-refractivity contribution < 1.29 is 14.3 Å². The second-order valence-corrected chi connectivity index (χ2v) is 3.85. The molecule has 0 bridgehead atoms. The third-order valence-electron chi connectivity index (χ3n) is 2.52. The molecule has 0 aromatic rings. The number of nitrogens with one attached hydrogen (secondary N) is 2. The van der Waals surface area contributed by atoms with Crippen LogP contribution in [0.3, 0.4) is 0 Å². The molecule has 2 N–H and O–H groups in total. The number of carbonyl (C=O) groups is 1. The highest BCUT2D eigenvalue weighted by Crippen LogP contribution is 2.02. The van der Waals surface area contributed by atoms with Gasteiger partial charge in [-0.15, -0.1) is 0 Å². The standard InChI is InChI=1S/C11H22N2O3/c1-2-15-6-7-16-9-11(14)13-8-10-4-3-5-12-10/h10,12H,2-9H2,1H3,(H,13,14). The number of hydrogen-bond acceptors (Lipinski definition) is 4.